The van der Waals surface area contributed by atoms with E-state index in [0.29, 0.717) is 29.1 Å². The van der Waals surface area contributed by atoms with Crippen LogP contribution in [0.5, 0.6) is 0 Å². The zero-order valence-electron chi connectivity index (χ0n) is 18.4. The zero-order chi connectivity index (χ0) is 23.4. The number of nitrogens with zero attached hydrogens (tertiary/aromatic N) is 2. The van der Waals surface area contributed by atoms with Crippen LogP contribution in [0.1, 0.15) is 34.6 Å². The van der Waals surface area contributed by atoms with Gasteiger partial charge in [-0.05, 0) is 43.7 Å². The van der Waals surface area contributed by atoms with E-state index in [0.717, 1.165) is 11.1 Å². The molecular weight excluding hydrogens is 414 g/mol. The Labute approximate surface area is 191 Å². The Balaban J connectivity index is 1.91. The van der Waals surface area contributed by atoms with Crippen molar-refractivity contribution < 1.29 is 9.59 Å². The van der Waals surface area contributed by atoms with Crippen molar-refractivity contribution in [3.05, 3.63) is 106 Å². The average Bonchev–Trinajstić information content (AvgIpc) is 2.85. The molecule has 0 unspecified atom stereocenters. The SMILES string of the molecule is CCn1nc(-c2ccccc2)c(-c2ccccc2)c(C(=O)Nc2ccc(C(C)=O)cc2)c1=O. The molecule has 0 saturated heterocycles. The van der Waals surface area contributed by atoms with E-state index in [4.69, 9.17) is 0 Å². The van der Waals surface area contributed by atoms with Gasteiger partial charge in [-0.25, -0.2) is 4.68 Å². The van der Waals surface area contributed by atoms with Crippen LogP contribution < -0.4 is 10.9 Å². The quantitative estimate of drug-likeness (QED) is 0.428. The zero-order valence-corrected chi connectivity index (χ0v) is 18.4. The maximum Gasteiger partial charge on any atom is 0.280 e. The molecule has 0 aliphatic carbocycles. The Morgan fingerprint density at radius 1 is 0.848 bits per heavy atom. The number of carbonyl (C=O) groups is 2. The Kier molecular flexibility index (Phi) is 6.26. The van der Waals surface area contributed by atoms with Crippen LogP contribution in [0.4, 0.5) is 5.69 Å². The predicted molar refractivity (Wildman–Crippen MR) is 129 cm³/mol. The summed E-state index contributed by atoms with van der Waals surface area (Å²) in [4.78, 5) is 38.4. The highest BCUT2D eigenvalue weighted by atomic mass is 16.2. The maximum atomic E-state index is 13.5. The number of aryl methyl sites for hydroxylation is 1. The second kappa shape index (κ2) is 9.44. The standard InChI is InChI=1S/C27H23N3O3/c1-3-30-27(33)24(26(32)28-22-16-14-19(15-17-22)18(2)31)23(20-10-6-4-7-11-20)25(29-30)21-12-8-5-9-13-21/h4-17H,3H2,1-2H3,(H,28,32). The van der Waals surface area contributed by atoms with Crippen LogP contribution in [0.15, 0.2) is 89.7 Å². The van der Waals surface area contributed by atoms with E-state index in [2.05, 4.69) is 10.4 Å². The molecule has 1 N–H and O–H groups in total. The number of ketones is 1. The minimum absolute atomic E-state index is 0.0209. The lowest BCUT2D eigenvalue weighted by Gasteiger charge is -2.17. The molecule has 0 fully saturated rings. The van der Waals surface area contributed by atoms with Crippen LogP contribution in [0.25, 0.3) is 22.4 Å². The number of aromatic nitrogens is 2. The molecule has 4 aromatic rings. The Morgan fingerprint density at radius 3 is 1.97 bits per heavy atom. The second-order valence-corrected chi connectivity index (χ2v) is 7.54. The normalized spacial score (nSPS) is 10.6. The maximum absolute atomic E-state index is 13.5. The van der Waals surface area contributed by atoms with Crippen LogP contribution >= 0.6 is 0 Å². The van der Waals surface area contributed by atoms with Crippen LogP contribution in [0.2, 0.25) is 0 Å². The van der Waals surface area contributed by atoms with Crippen molar-refractivity contribution in [3.63, 3.8) is 0 Å². The number of benzene rings is 3. The number of carbonyl (C=O) groups excluding carboxylic acids is 2. The summed E-state index contributed by atoms with van der Waals surface area (Å²) in [5.41, 5.74) is 3.15. The summed E-state index contributed by atoms with van der Waals surface area (Å²) in [6.07, 6.45) is 0. The fraction of sp³-hybridized carbons (Fsp3) is 0.111. The van der Waals surface area contributed by atoms with E-state index in [1.807, 2.05) is 67.6 Å². The first-order valence-electron chi connectivity index (χ1n) is 10.7. The average molecular weight is 437 g/mol. The van der Waals surface area contributed by atoms with Crippen LogP contribution in [-0.4, -0.2) is 21.5 Å². The highest BCUT2D eigenvalue weighted by molar-refractivity contribution is 6.10. The van der Waals surface area contributed by atoms with Gasteiger partial charge in [-0.2, -0.15) is 5.10 Å². The molecule has 33 heavy (non-hydrogen) atoms. The lowest BCUT2D eigenvalue weighted by atomic mass is 9.95. The van der Waals surface area contributed by atoms with Gasteiger partial charge >= 0.3 is 0 Å². The fourth-order valence-electron chi connectivity index (χ4n) is 3.66. The van der Waals surface area contributed by atoms with Gasteiger partial charge in [0.25, 0.3) is 11.5 Å². The van der Waals surface area contributed by atoms with Crippen molar-refractivity contribution in [3.8, 4) is 22.4 Å². The molecule has 6 heteroatoms. The summed E-state index contributed by atoms with van der Waals surface area (Å²) in [5, 5.41) is 7.42. The smallest absolute Gasteiger partial charge is 0.280 e. The topological polar surface area (TPSA) is 81.1 Å². The molecule has 0 atom stereocenters. The van der Waals surface area contributed by atoms with Gasteiger partial charge < -0.3 is 5.32 Å². The van der Waals surface area contributed by atoms with E-state index < -0.39 is 11.5 Å². The van der Waals surface area contributed by atoms with Crippen molar-refractivity contribution in [1.29, 1.82) is 0 Å². The molecular formula is C27H23N3O3. The highest BCUT2D eigenvalue weighted by Gasteiger charge is 2.25. The number of nitrogens with one attached hydrogen (secondary N) is 1. The number of rotatable bonds is 6. The molecule has 164 valence electrons. The first-order chi connectivity index (χ1) is 16.0. The number of Topliss-reactive ketones (excluding diaryl/α,β-unsaturated/α-hetero) is 1. The van der Waals surface area contributed by atoms with Crippen molar-refractivity contribution in [2.45, 2.75) is 20.4 Å². The first kappa shape index (κ1) is 21.9. The van der Waals surface area contributed by atoms with Gasteiger partial charge in [-0.15, -0.1) is 0 Å². The van der Waals surface area contributed by atoms with E-state index in [9.17, 15) is 14.4 Å². The summed E-state index contributed by atoms with van der Waals surface area (Å²) < 4.78 is 1.31. The van der Waals surface area contributed by atoms with Crippen molar-refractivity contribution in [2.75, 3.05) is 5.32 Å². The summed E-state index contributed by atoms with van der Waals surface area (Å²) in [6.45, 7) is 3.61. The van der Waals surface area contributed by atoms with Gasteiger partial charge in [-0.1, -0.05) is 60.7 Å². The highest BCUT2D eigenvalue weighted by Crippen LogP contribution is 2.32. The third-order valence-corrected chi connectivity index (χ3v) is 5.34. The number of amides is 1. The summed E-state index contributed by atoms with van der Waals surface area (Å²) in [7, 11) is 0. The molecule has 0 aliphatic rings. The number of anilines is 1. The molecule has 1 heterocycles. The molecule has 6 nitrogen and oxygen atoms in total. The summed E-state index contributed by atoms with van der Waals surface area (Å²) in [6, 6.07) is 25.4. The van der Waals surface area contributed by atoms with E-state index >= 15 is 0 Å². The lowest BCUT2D eigenvalue weighted by Crippen LogP contribution is -2.32. The molecule has 1 aromatic heterocycles. The Morgan fingerprint density at radius 2 is 1.42 bits per heavy atom. The van der Waals surface area contributed by atoms with Gasteiger partial charge in [0.1, 0.15) is 5.56 Å². The first-order valence-corrected chi connectivity index (χ1v) is 10.7. The summed E-state index contributed by atoms with van der Waals surface area (Å²) in [5.74, 6) is -0.595. The van der Waals surface area contributed by atoms with Gasteiger partial charge in [-0.3, -0.25) is 14.4 Å². The van der Waals surface area contributed by atoms with E-state index in [-0.39, 0.29) is 11.3 Å². The van der Waals surface area contributed by atoms with Crippen molar-refractivity contribution in [2.24, 2.45) is 0 Å². The Hall–Kier alpha value is -4.32. The third kappa shape index (κ3) is 4.50. The molecule has 3 aromatic carbocycles. The Bertz CT molecular complexity index is 1360. The van der Waals surface area contributed by atoms with Crippen molar-refractivity contribution in [1.82, 2.24) is 9.78 Å². The third-order valence-electron chi connectivity index (χ3n) is 5.34. The van der Waals surface area contributed by atoms with Gasteiger partial charge in [0.2, 0.25) is 0 Å². The molecule has 0 bridgehead atoms. The second-order valence-electron chi connectivity index (χ2n) is 7.54. The lowest BCUT2D eigenvalue weighted by molar-refractivity contribution is 0.101. The predicted octanol–water partition coefficient (Wildman–Crippen LogP) is 5.05. The molecule has 0 aliphatic heterocycles. The molecule has 0 saturated carbocycles. The number of hydrogen-bond acceptors (Lipinski definition) is 4. The molecule has 1 amide bonds. The van der Waals surface area contributed by atoms with Crippen LogP contribution in [-0.2, 0) is 6.54 Å². The van der Waals surface area contributed by atoms with Gasteiger partial charge in [0.15, 0.2) is 5.78 Å². The minimum atomic E-state index is -0.531. The molecule has 0 radical (unpaired) electrons. The van der Waals surface area contributed by atoms with Gasteiger partial charge in [0.05, 0.1) is 5.69 Å². The fourth-order valence-corrected chi connectivity index (χ4v) is 3.66. The van der Waals surface area contributed by atoms with Gasteiger partial charge in [0, 0.05) is 28.9 Å². The monoisotopic (exact) mass is 437 g/mol. The summed E-state index contributed by atoms with van der Waals surface area (Å²) >= 11 is 0. The van der Waals surface area contributed by atoms with Crippen molar-refractivity contribution >= 4 is 17.4 Å². The number of hydrogen-bond donors (Lipinski definition) is 1. The van der Waals surface area contributed by atoms with Crippen LogP contribution in [0, 0.1) is 0 Å². The largest absolute Gasteiger partial charge is 0.322 e. The van der Waals surface area contributed by atoms with E-state index in [1.54, 1.807) is 24.3 Å². The van der Waals surface area contributed by atoms with E-state index in [1.165, 1.54) is 11.6 Å². The van der Waals surface area contributed by atoms with Crippen LogP contribution in [0.3, 0.4) is 0 Å². The molecule has 0 spiro atoms. The molecule has 4 rings (SSSR count). The minimum Gasteiger partial charge on any atom is -0.322 e.